The third kappa shape index (κ3) is 6.62. The molecule has 102 valence electrons. The van der Waals surface area contributed by atoms with Crippen LogP contribution >= 0.6 is 0 Å². The molecular weight excluding hydrogens is 334 g/mol. The molecule has 0 aromatic heterocycles. The number of benzene rings is 2. The van der Waals surface area contributed by atoms with E-state index in [0.29, 0.717) is 21.3 Å². The van der Waals surface area contributed by atoms with Gasteiger partial charge in [0.05, 0.1) is 9.79 Å². The molecule has 0 heterocycles. The van der Waals surface area contributed by atoms with Gasteiger partial charge in [-0.25, -0.2) is 8.42 Å². The molecule has 9 heteroatoms. The van der Waals surface area contributed by atoms with Gasteiger partial charge in [0.15, 0.2) is 22.2 Å². The number of ether oxygens (including phenoxy) is 1. The van der Waals surface area contributed by atoms with E-state index >= 15 is 0 Å². The van der Waals surface area contributed by atoms with Crippen molar-refractivity contribution in [3.63, 3.8) is 0 Å². The molecule has 21 heavy (non-hydrogen) atoms. The van der Waals surface area contributed by atoms with Crippen LogP contribution in [0.4, 0.5) is 0 Å². The van der Waals surface area contributed by atoms with Gasteiger partial charge in [0.25, 0.3) is 0 Å². The van der Waals surface area contributed by atoms with Crippen LogP contribution in [-0.2, 0) is 22.2 Å². The van der Waals surface area contributed by atoms with Gasteiger partial charge in [-0.2, -0.15) is 0 Å². The van der Waals surface area contributed by atoms with E-state index in [2.05, 4.69) is 0 Å². The van der Waals surface area contributed by atoms with Gasteiger partial charge >= 0.3 is 0 Å². The first-order valence-corrected chi connectivity index (χ1v) is 7.37. The van der Waals surface area contributed by atoms with Crippen molar-refractivity contribution in [1.82, 2.24) is 0 Å². The van der Waals surface area contributed by atoms with E-state index in [1.165, 1.54) is 24.3 Å². The quantitative estimate of drug-likeness (QED) is 0.654. The first-order valence-electron chi connectivity index (χ1n) is 5.16. The van der Waals surface area contributed by atoms with Crippen molar-refractivity contribution < 1.29 is 22.3 Å². The van der Waals surface area contributed by atoms with E-state index in [9.17, 15) is 8.42 Å². The molecule has 0 amide bonds. The molecule has 2 radical (unpaired) electrons. The minimum Gasteiger partial charge on any atom is -0.457 e. The SMILES string of the molecule is O=S(O)c1ccc(Oc2ccc(S(=O)O)cc2)cc1.[Na].[Na]. The first kappa shape index (κ1) is 21.5. The fraction of sp³-hybridized carbons (Fsp3) is 0. The van der Waals surface area contributed by atoms with Gasteiger partial charge in [0.2, 0.25) is 0 Å². The Morgan fingerprint density at radius 3 is 1.19 bits per heavy atom. The first-order chi connectivity index (χ1) is 9.06. The minimum absolute atomic E-state index is 0. The molecule has 0 saturated carbocycles. The Bertz CT molecular complexity index is 561. The van der Waals surface area contributed by atoms with Gasteiger partial charge in [0.1, 0.15) is 11.5 Å². The van der Waals surface area contributed by atoms with E-state index in [1.807, 2.05) is 0 Å². The maximum atomic E-state index is 10.8. The van der Waals surface area contributed by atoms with E-state index < -0.39 is 22.2 Å². The largest absolute Gasteiger partial charge is 0.457 e. The third-order valence-corrected chi connectivity index (χ3v) is 3.64. The Kier molecular flexibility index (Phi) is 10.5. The second kappa shape index (κ2) is 10.3. The van der Waals surface area contributed by atoms with Crippen LogP contribution in [0.25, 0.3) is 0 Å². The summed E-state index contributed by atoms with van der Waals surface area (Å²) >= 11 is -4.02. The summed E-state index contributed by atoms with van der Waals surface area (Å²) in [6.07, 6.45) is 0. The Morgan fingerprint density at radius 1 is 0.667 bits per heavy atom. The maximum Gasteiger partial charge on any atom is 0.186 e. The fourth-order valence-electron chi connectivity index (χ4n) is 1.38. The molecule has 0 aliphatic heterocycles. The molecule has 0 saturated heterocycles. The van der Waals surface area contributed by atoms with Crippen LogP contribution in [0.5, 0.6) is 11.5 Å². The maximum absolute atomic E-state index is 10.8. The molecule has 0 aliphatic rings. The molecule has 0 spiro atoms. The smallest absolute Gasteiger partial charge is 0.186 e. The van der Waals surface area contributed by atoms with Gasteiger partial charge in [-0.3, -0.25) is 0 Å². The molecule has 0 fully saturated rings. The Balaban J connectivity index is 0.00000200. The molecule has 2 aromatic carbocycles. The van der Waals surface area contributed by atoms with E-state index in [1.54, 1.807) is 24.3 Å². The Hall–Kier alpha value is 0.460. The number of hydrogen-bond acceptors (Lipinski definition) is 3. The van der Waals surface area contributed by atoms with Crippen LogP contribution in [0, 0.1) is 0 Å². The van der Waals surface area contributed by atoms with Crippen LogP contribution in [0.3, 0.4) is 0 Å². The van der Waals surface area contributed by atoms with Crippen LogP contribution in [0.15, 0.2) is 58.3 Å². The van der Waals surface area contributed by atoms with E-state index in [-0.39, 0.29) is 59.1 Å². The molecule has 2 rings (SSSR count). The van der Waals surface area contributed by atoms with Crippen LogP contribution in [0.1, 0.15) is 0 Å². The fourth-order valence-corrected chi connectivity index (χ4v) is 2.12. The number of rotatable bonds is 4. The normalized spacial score (nSPS) is 12.5. The second-order valence-electron chi connectivity index (χ2n) is 3.54. The second-order valence-corrected chi connectivity index (χ2v) is 5.48. The molecule has 5 nitrogen and oxygen atoms in total. The Labute approximate surface area is 171 Å². The van der Waals surface area contributed by atoms with Crippen LogP contribution in [-0.4, -0.2) is 76.6 Å². The van der Waals surface area contributed by atoms with Crippen molar-refractivity contribution in [2.75, 3.05) is 0 Å². The van der Waals surface area contributed by atoms with Gasteiger partial charge in [-0.05, 0) is 48.5 Å². The van der Waals surface area contributed by atoms with Crippen molar-refractivity contribution in [3.8, 4) is 11.5 Å². The third-order valence-electron chi connectivity index (χ3n) is 2.29. The molecule has 2 N–H and O–H groups in total. The predicted octanol–water partition coefficient (Wildman–Crippen LogP) is 1.88. The van der Waals surface area contributed by atoms with Crippen LogP contribution in [0.2, 0.25) is 0 Å². The molecule has 2 atom stereocenters. The number of hydrogen-bond donors (Lipinski definition) is 2. The Morgan fingerprint density at radius 2 is 0.952 bits per heavy atom. The molecule has 0 aliphatic carbocycles. The van der Waals surface area contributed by atoms with Crippen molar-refractivity contribution in [2.24, 2.45) is 0 Å². The van der Waals surface area contributed by atoms with Gasteiger partial charge in [-0.15, -0.1) is 0 Å². The summed E-state index contributed by atoms with van der Waals surface area (Å²) in [6.45, 7) is 0. The molecular formula is C12H10Na2O5S2. The summed E-state index contributed by atoms with van der Waals surface area (Å²) in [5.41, 5.74) is 0. The zero-order chi connectivity index (χ0) is 13.8. The van der Waals surface area contributed by atoms with E-state index in [0.717, 1.165) is 0 Å². The average molecular weight is 344 g/mol. The van der Waals surface area contributed by atoms with Crippen molar-refractivity contribution in [1.29, 1.82) is 0 Å². The van der Waals surface area contributed by atoms with Crippen LogP contribution < -0.4 is 4.74 Å². The average Bonchev–Trinajstić information content (AvgIpc) is 2.40. The monoisotopic (exact) mass is 344 g/mol. The minimum atomic E-state index is -2.01. The molecule has 2 aromatic rings. The molecule has 0 bridgehead atoms. The summed E-state index contributed by atoms with van der Waals surface area (Å²) in [5, 5.41) is 0. The van der Waals surface area contributed by atoms with Crippen molar-refractivity contribution in [2.45, 2.75) is 9.79 Å². The summed E-state index contributed by atoms with van der Waals surface area (Å²) in [7, 11) is 0. The standard InChI is InChI=1S/C12H10O5S2.2Na/c13-18(14)11-5-1-9(2-6-11)17-10-3-7-12(8-4-10)19(15)16;;/h1-8H,(H,13,14)(H,15,16);;. The van der Waals surface area contributed by atoms with Gasteiger partial charge in [0, 0.05) is 59.1 Å². The van der Waals surface area contributed by atoms with Gasteiger partial charge in [-0.1, -0.05) is 0 Å². The zero-order valence-corrected chi connectivity index (χ0v) is 17.2. The predicted molar refractivity (Wildman–Crippen MR) is 82.5 cm³/mol. The van der Waals surface area contributed by atoms with E-state index in [4.69, 9.17) is 13.8 Å². The van der Waals surface area contributed by atoms with Crippen molar-refractivity contribution in [3.05, 3.63) is 48.5 Å². The summed E-state index contributed by atoms with van der Waals surface area (Å²) < 4.78 is 44.8. The summed E-state index contributed by atoms with van der Waals surface area (Å²) in [5.74, 6) is 1.01. The molecule has 2 unspecified atom stereocenters. The van der Waals surface area contributed by atoms with Gasteiger partial charge < -0.3 is 13.8 Å². The zero-order valence-electron chi connectivity index (χ0n) is 11.6. The summed E-state index contributed by atoms with van der Waals surface area (Å²) in [4.78, 5) is 0.580. The summed E-state index contributed by atoms with van der Waals surface area (Å²) in [6, 6.07) is 12.2. The topological polar surface area (TPSA) is 83.8 Å². The van der Waals surface area contributed by atoms with Crippen molar-refractivity contribution >= 4 is 81.3 Å².